The Hall–Kier alpha value is -1.03. The van der Waals surface area contributed by atoms with Gasteiger partial charge in [-0.15, -0.1) is 11.6 Å². The van der Waals surface area contributed by atoms with E-state index in [0.717, 1.165) is 41.7 Å². The zero-order valence-electron chi connectivity index (χ0n) is 11.7. The Morgan fingerprint density at radius 1 is 1.37 bits per heavy atom. The number of hydrogen-bond acceptors (Lipinski definition) is 2. The number of imidazole rings is 1. The van der Waals surface area contributed by atoms with Crippen LogP contribution in [0.4, 0.5) is 0 Å². The van der Waals surface area contributed by atoms with Gasteiger partial charge in [0, 0.05) is 13.1 Å². The number of hydrogen-bond donors (Lipinski definition) is 0. The third-order valence-corrected chi connectivity index (χ3v) is 4.52. The van der Waals surface area contributed by atoms with E-state index in [-0.39, 0.29) is 0 Å². The first-order valence-electron chi connectivity index (χ1n) is 7.23. The molecule has 0 atom stereocenters. The topological polar surface area (TPSA) is 35.6 Å². The lowest BCUT2D eigenvalue weighted by Crippen LogP contribution is -2.16. The molecule has 0 aliphatic heterocycles. The maximum absolute atomic E-state index is 6.06. The zero-order valence-corrected chi connectivity index (χ0v) is 12.4. The van der Waals surface area contributed by atoms with Gasteiger partial charge < -0.3 is 4.57 Å². The van der Waals surface area contributed by atoms with E-state index in [1.807, 2.05) is 6.92 Å². The molecule has 2 aromatic rings. The van der Waals surface area contributed by atoms with Crippen molar-refractivity contribution in [3.8, 4) is 0 Å². The maximum atomic E-state index is 6.06. The van der Waals surface area contributed by atoms with Crippen molar-refractivity contribution in [1.82, 2.24) is 19.3 Å². The van der Waals surface area contributed by atoms with Crippen LogP contribution in [0.1, 0.15) is 44.1 Å². The molecule has 5 heteroatoms. The molecule has 0 aromatic carbocycles. The number of fused-ring (bicyclic) bond motifs is 1. The number of aryl methyl sites for hydroxylation is 3. The Morgan fingerprint density at radius 3 is 2.74 bits per heavy atom. The summed E-state index contributed by atoms with van der Waals surface area (Å²) in [6.45, 7) is 6.04. The summed E-state index contributed by atoms with van der Waals surface area (Å²) in [5.41, 5.74) is 3.17. The van der Waals surface area contributed by atoms with Crippen molar-refractivity contribution in [3.05, 3.63) is 11.5 Å². The van der Waals surface area contributed by atoms with Crippen molar-refractivity contribution < 1.29 is 0 Å². The summed E-state index contributed by atoms with van der Waals surface area (Å²) in [6.07, 6.45) is 5.42. The summed E-state index contributed by atoms with van der Waals surface area (Å²) in [5.74, 6) is 2.36. The first kappa shape index (κ1) is 13.0. The highest BCUT2D eigenvalue weighted by atomic mass is 35.5. The first-order valence-corrected chi connectivity index (χ1v) is 7.76. The van der Waals surface area contributed by atoms with E-state index in [0.29, 0.717) is 5.88 Å². The molecule has 4 nitrogen and oxygen atoms in total. The van der Waals surface area contributed by atoms with Crippen LogP contribution in [-0.2, 0) is 19.0 Å². The third kappa shape index (κ3) is 2.16. The molecule has 0 radical (unpaired) electrons. The highest BCUT2D eigenvalue weighted by molar-refractivity contribution is 6.16. The second-order valence-corrected chi connectivity index (χ2v) is 5.74. The number of aromatic nitrogens is 4. The molecule has 104 valence electrons. The molecule has 0 amide bonds. The van der Waals surface area contributed by atoms with Gasteiger partial charge in [-0.1, -0.05) is 19.3 Å². The monoisotopic (exact) mass is 280 g/mol. The van der Waals surface area contributed by atoms with Gasteiger partial charge in [0.25, 0.3) is 0 Å². The molecule has 0 unspecified atom stereocenters. The maximum Gasteiger partial charge on any atom is 0.158 e. The van der Waals surface area contributed by atoms with Gasteiger partial charge in [0.2, 0.25) is 0 Å². The predicted octanol–water partition coefficient (Wildman–Crippen LogP) is 3.49. The Kier molecular flexibility index (Phi) is 3.52. The van der Waals surface area contributed by atoms with E-state index in [1.165, 1.54) is 25.7 Å². The lowest BCUT2D eigenvalue weighted by molar-refractivity contribution is 0.282. The van der Waals surface area contributed by atoms with Gasteiger partial charge in [0.05, 0.1) is 11.6 Å². The van der Waals surface area contributed by atoms with E-state index in [1.54, 1.807) is 0 Å². The Morgan fingerprint density at radius 2 is 2.16 bits per heavy atom. The molecule has 19 heavy (non-hydrogen) atoms. The lowest BCUT2D eigenvalue weighted by atomic mass is 9.83. The van der Waals surface area contributed by atoms with E-state index in [2.05, 4.69) is 26.3 Å². The van der Waals surface area contributed by atoms with Crippen LogP contribution in [0.5, 0.6) is 0 Å². The van der Waals surface area contributed by atoms with E-state index in [4.69, 9.17) is 11.6 Å². The van der Waals surface area contributed by atoms with Gasteiger partial charge in [-0.05, 0) is 26.2 Å². The standard InChI is InChI=1S/C14H21ClN4/c1-3-19-14-13(10(2)17-19)16-12(9-15)18(14)8-7-11-5-4-6-11/h11H,3-9H2,1-2H3. The Bertz CT molecular complexity index is 580. The van der Waals surface area contributed by atoms with Crippen LogP contribution in [0.2, 0.25) is 0 Å². The van der Waals surface area contributed by atoms with E-state index in [9.17, 15) is 0 Å². The van der Waals surface area contributed by atoms with E-state index < -0.39 is 0 Å². The predicted molar refractivity (Wildman–Crippen MR) is 77.4 cm³/mol. The molecule has 3 rings (SSSR count). The molecule has 0 spiro atoms. The minimum Gasteiger partial charge on any atom is -0.312 e. The van der Waals surface area contributed by atoms with Gasteiger partial charge in [-0.2, -0.15) is 5.10 Å². The van der Waals surface area contributed by atoms with Crippen LogP contribution in [0.3, 0.4) is 0 Å². The summed E-state index contributed by atoms with van der Waals surface area (Å²) >= 11 is 6.06. The van der Waals surface area contributed by atoms with Crippen molar-refractivity contribution in [1.29, 1.82) is 0 Å². The van der Waals surface area contributed by atoms with Crippen LogP contribution in [0, 0.1) is 12.8 Å². The van der Waals surface area contributed by atoms with Crippen LogP contribution in [0.25, 0.3) is 11.2 Å². The van der Waals surface area contributed by atoms with Gasteiger partial charge in [-0.3, -0.25) is 0 Å². The van der Waals surface area contributed by atoms with Gasteiger partial charge >= 0.3 is 0 Å². The van der Waals surface area contributed by atoms with Crippen molar-refractivity contribution in [2.45, 2.75) is 58.5 Å². The minimum absolute atomic E-state index is 0.475. The fraction of sp³-hybridized carbons (Fsp3) is 0.714. The molecular weight excluding hydrogens is 260 g/mol. The molecule has 2 heterocycles. The van der Waals surface area contributed by atoms with Crippen LogP contribution in [0.15, 0.2) is 0 Å². The van der Waals surface area contributed by atoms with Crippen LogP contribution < -0.4 is 0 Å². The van der Waals surface area contributed by atoms with Crippen LogP contribution in [-0.4, -0.2) is 19.3 Å². The fourth-order valence-corrected chi connectivity index (χ4v) is 3.12. The molecule has 0 N–H and O–H groups in total. The Balaban J connectivity index is 1.97. The molecular formula is C14H21ClN4. The quantitative estimate of drug-likeness (QED) is 0.786. The largest absolute Gasteiger partial charge is 0.312 e. The number of rotatable bonds is 5. The van der Waals surface area contributed by atoms with Crippen molar-refractivity contribution in [3.63, 3.8) is 0 Å². The summed E-state index contributed by atoms with van der Waals surface area (Å²) in [6, 6.07) is 0. The summed E-state index contributed by atoms with van der Waals surface area (Å²) in [7, 11) is 0. The molecule has 1 fully saturated rings. The molecule has 1 aliphatic carbocycles. The van der Waals surface area contributed by atoms with Crippen molar-refractivity contribution >= 4 is 22.8 Å². The average molecular weight is 281 g/mol. The number of halogens is 1. The summed E-state index contributed by atoms with van der Waals surface area (Å²) < 4.78 is 4.33. The van der Waals surface area contributed by atoms with Gasteiger partial charge in [0.1, 0.15) is 11.3 Å². The summed E-state index contributed by atoms with van der Waals surface area (Å²) in [4.78, 5) is 4.67. The second kappa shape index (κ2) is 5.16. The van der Waals surface area contributed by atoms with E-state index >= 15 is 0 Å². The highest BCUT2D eigenvalue weighted by Crippen LogP contribution is 2.31. The SMILES string of the molecule is CCn1nc(C)c2nc(CCl)n(CCC3CCC3)c21. The lowest BCUT2D eigenvalue weighted by Gasteiger charge is -2.25. The second-order valence-electron chi connectivity index (χ2n) is 5.47. The summed E-state index contributed by atoms with van der Waals surface area (Å²) in [5, 5.41) is 4.56. The number of nitrogens with zero attached hydrogens (tertiary/aromatic N) is 4. The third-order valence-electron chi connectivity index (χ3n) is 4.28. The van der Waals surface area contributed by atoms with Crippen molar-refractivity contribution in [2.24, 2.45) is 5.92 Å². The van der Waals surface area contributed by atoms with Gasteiger partial charge in [0.15, 0.2) is 5.65 Å². The minimum atomic E-state index is 0.475. The highest BCUT2D eigenvalue weighted by Gasteiger charge is 2.21. The Labute approximate surface area is 118 Å². The van der Waals surface area contributed by atoms with Crippen molar-refractivity contribution in [2.75, 3.05) is 0 Å². The molecule has 2 aromatic heterocycles. The molecule has 1 saturated carbocycles. The normalized spacial score (nSPS) is 16.2. The van der Waals surface area contributed by atoms with Crippen LogP contribution >= 0.6 is 11.6 Å². The smallest absolute Gasteiger partial charge is 0.158 e. The fourth-order valence-electron chi connectivity index (χ4n) is 2.92. The zero-order chi connectivity index (χ0) is 13.4. The van der Waals surface area contributed by atoms with Gasteiger partial charge in [-0.25, -0.2) is 9.67 Å². The molecule has 0 bridgehead atoms. The first-order chi connectivity index (χ1) is 9.24. The molecule has 1 aliphatic rings. The average Bonchev–Trinajstić information content (AvgIpc) is 2.86. The number of alkyl halides is 1. The molecule has 0 saturated heterocycles.